The Labute approximate surface area is 255 Å². The predicted octanol–water partition coefficient (Wildman–Crippen LogP) is 4.97. The Kier molecular flexibility index (Phi) is 8.75. The number of aromatic nitrogens is 2. The third-order valence-corrected chi connectivity index (χ3v) is 10.3. The molecule has 43 heavy (non-hydrogen) atoms. The van der Waals surface area contributed by atoms with Crippen molar-refractivity contribution in [1.82, 2.24) is 20.2 Å². The Morgan fingerprint density at radius 2 is 1.88 bits per heavy atom. The molecule has 232 valence electrons. The van der Waals surface area contributed by atoms with Crippen LogP contribution in [0.5, 0.6) is 5.75 Å². The van der Waals surface area contributed by atoms with Crippen LogP contribution in [0.4, 0.5) is 23.1 Å². The molecule has 6 rings (SSSR count). The van der Waals surface area contributed by atoms with Crippen LogP contribution in [-0.4, -0.2) is 79.1 Å². The van der Waals surface area contributed by atoms with Crippen molar-refractivity contribution in [2.75, 3.05) is 49.4 Å². The quantitative estimate of drug-likeness (QED) is 0.423. The Bertz CT molecular complexity index is 1320. The van der Waals surface area contributed by atoms with Crippen LogP contribution < -0.4 is 25.2 Å². The zero-order valence-corrected chi connectivity index (χ0v) is 26.1. The minimum atomic E-state index is -0.226. The molecule has 2 aliphatic carbocycles. The lowest BCUT2D eigenvalue weighted by atomic mass is 9.73. The number of likely N-dealkylation sites (N-methyl/N-ethyl adjacent to an activating group) is 1. The molecule has 10 nitrogen and oxygen atoms in total. The second-order valence-corrected chi connectivity index (χ2v) is 12.9. The van der Waals surface area contributed by atoms with Gasteiger partial charge in [0.05, 0.1) is 19.0 Å². The molecule has 2 N–H and O–H groups in total. The summed E-state index contributed by atoms with van der Waals surface area (Å²) in [4.78, 5) is 42.0. The summed E-state index contributed by atoms with van der Waals surface area (Å²) in [6.07, 6.45) is 13.0. The van der Waals surface area contributed by atoms with Crippen molar-refractivity contribution in [2.45, 2.75) is 89.3 Å². The SMILES string of the molecule is CC[C@@H]1C(=O)N(C)c2cnc(Nc3ccc(C(=O)N(C)C4CC(CC5CCNCC5)C4)cc3OC)nc2N1C1CCCC1. The van der Waals surface area contributed by atoms with Crippen molar-refractivity contribution in [3.8, 4) is 5.75 Å². The molecule has 2 aliphatic heterocycles. The highest BCUT2D eigenvalue weighted by Crippen LogP contribution is 2.41. The number of benzene rings is 1. The Morgan fingerprint density at radius 3 is 2.58 bits per heavy atom. The largest absolute Gasteiger partial charge is 0.495 e. The van der Waals surface area contributed by atoms with Crippen molar-refractivity contribution < 1.29 is 14.3 Å². The number of anilines is 4. The van der Waals surface area contributed by atoms with Gasteiger partial charge in [-0.2, -0.15) is 4.98 Å². The zero-order chi connectivity index (χ0) is 30.1. The number of nitrogens with zero attached hydrogens (tertiary/aromatic N) is 5. The van der Waals surface area contributed by atoms with Crippen molar-refractivity contribution >= 4 is 35.0 Å². The molecule has 2 aromatic rings. The number of carbonyl (C=O) groups excluding carboxylic acids is 2. The maximum absolute atomic E-state index is 13.4. The number of hydrogen-bond donors (Lipinski definition) is 2. The van der Waals surface area contributed by atoms with E-state index in [9.17, 15) is 9.59 Å². The summed E-state index contributed by atoms with van der Waals surface area (Å²) in [5.41, 5.74) is 2.03. The topological polar surface area (TPSA) is 103 Å². The van der Waals surface area contributed by atoms with Gasteiger partial charge in [-0.25, -0.2) is 4.98 Å². The van der Waals surface area contributed by atoms with Crippen molar-refractivity contribution in [3.05, 3.63) is 30.0 Å². The van der Waals surface area contributed by atoms with E-state index in [0.717, 1.165) is 68.5 Å². The molecule has 1 atom stereocenters. The van der Waals surface area contributed by atoms with Crippen LogP contribution in [0.3, 0.4) is 0 Å². The first kappa shape index (κ1) is 29.7. The minimum absolute atomic E-state index is 0.0192. The maximum Gasteiger partial charge on any atom is 0.253 e. The summed E-state index contributed by atoms with van der Waals surface area (Å²) >= 11 is 0. The molecule has 1 aromatic heterocycles. The lowest BCUT2D eigenvalue weighted by Crippen LogP contribution is -2.55. The number of methoxy groups -OCH3 is 1. The number of carbonyl (C=O) groups is 2. The van der Waals surface area contributed by atoms with E-state index in [0.29, 0.717) is 35.0 Å². The third kappa shape index (κ3) is 5.90. The van der Waals surface area contributed by atoms with Gasteiger partial charge in [0.25, 0.3) is 5.91 Å². The number of piperidine rings is 1. The van der Waals surface area contributed by atoms with Crippen LogP contribution in [0.25, 0.3) is 0 Å². The van der Waals surface area contributed by atoms with Gasteiger partial charge >= 0.3 is 0 Å². The molecule has 1 saturated heterocycles. The Morgan fingerprint density at radius 1 is 1.14 bits per heavy atom. The van der Waals surface area contributed by atoms with Crippen LogP contribution in [0.2, 0.25) is 0 Å². The fourth-order valence-electron chi connectivity index (χ4n) is 7.66. The fraction of sp³-hybridized carbons (Fsp3) is 0.636. The molecule has 0 unspecified atom stereocenters. The molecule has 2 amide bonds. The first-order chi connectivity index (χ1) is 20.9. The first-order valence-electron chi connectivity index (χ1n) is 16.2. The summed E-state index contributed by atoms with van der Waals surface area (Å²) in [5.74, 6) is 3.47. The molecule has 0 radical (unpaired) electrons. The van der Waals surface area contributed by atoms with E-state index in [-0.39, 0.29) is 17.9 Å². The van der Waals surface area contributed by atoms with Crippen LogP contribution >= 0.6 is 0 Å². The van der Waals surface area contributed by atoms with Crippen molar-refractivity contribution in [3.63, 3.8) is 0 Å². The number of hydrogen-bond acceptors (Lipinski definition) is 8. The van der Waals surface area contributed by atoms with Gasteiger partial charge in [-0.15, -0.1) is 0 Å². The number of fused-ring (bicyclic) bond motifs is 1. The van der Waals surface area contributed by atoms with Crippen molar-refractivity contribution in [1.29, 1.82) is 0 Å². The second-order valence-electron chi connectivity index (χ2n) is 12.9. The van der Waals surface area contributed by atoms with E-state index in [1.54, 1.807) is 31.3 Å². The van der Waals surface area contributed by atoms with E-state index in [1.165, 1.54) is 32.1 Å². The molecule has 0 spiro atoms. The standard InChI is InChI=1S/C33H47N7O3/c1-5-27-32(42)39(3)28-20-35-33(37-30(28)40(27)24-8-6-7-9-24)36-26-11-10-23(19-29(26)43-4)31(41)38(2)25-17-22(18-25)16-21-12-14-34-15-13-21/h10-11,19-22,24-25,27,34H,5-9,12-18H2,1-4H3,(H,35,36,37)/t22?,25?,27-/m1/s1. The van der Waals surface area contributed by atoms with Crippen LogP contribution in [0.1, 0.15) is 81.5 Å². The van der Waals surface area contributed by atoms with Gasteiger partial charge in [0.2, 0.25) is 11.9 Å². The third-order valence-electron chi connectivity index (χ3n) is 10.3. The number of nitrogens with one attached hydrogen (secondary N) is 2. The zero-order valence-electron chi connectivity index (χ0n) is 26.1. The summed E-state index contributed by atoms with van der Waals surface area (Å²) in [5, 5.41) is 6.77. The highest BCUT2D eigenvalue weighted by Gasteiger charge is 2.41. The summed E-state index contributed by atoms with van der Waals surface area (Å²) in [7, 11) is 5.34. The highest BCUT2D eigenvalue weighted by molar-refractivity contribution is 6.04. The van der Waals surface area contributed by atoms with Crippen LogP contribution in [0, 0.1) is 11.8 Å². The van der Waals surface area contributed by atoms with Gasteiger partial charge in [-0.3, -0.25) is 9.59 Å². The lowest BCUT2D eigenvalue weighted by molar-refractivity contribution is -0.120. The molecule has 2 saturated carbocycles. The molecule has 10 heteroatoms. The minimum Gasteiger partial charge on any atom is -0.495 e. The Balaban J connectivity index is 1.15. The molecular weight excluding hydrogens is 542 g/mol. The van der Waals surface area contributed by atoms with Gasteiger partial charge in [-0.1, -0.05) is 19.8 Å². The average Bonchev–Trinajstić information content (AvgIpc) is 3.55. The lowest BCUT2D eigenvalue weighted by Gasteiger charge is -2.43. The summed E-state index contributed by atoms with van der Waals surface area (Å²) in [6, 6.07) is 5.88. The van der Waals surface area contributed by atoms with E-state index in [4.69, 9.17) is 9.72 Å². The van der Waals surface area contributed by atoms with Gasteiger partial charge in [0, 0.05) is 31.7 Å². The first-order valence-corrected chi connectivity index (χ1v) is 16.2. The van der Waals surface area contributed by atoms with Crippen LogP contribution in [-0.2, 0) is 4.79 Å². The normalized spacial score (nSPS) is 24.5. The predicted molar refractivity (Wildman–Crippen MR) is 169 cm³/mol. The van der Waals surface area contributed by atoms with E-state index >= 15 is 0 Å². The molecule has 3 fully saturated rings. The van der Waals surface area contributed by atoms with E-state index in [1.807, 2.05) is 24.1 Å². The van der Waals surface area contributed by atoms with Gasteiger partial charge in [0.15, 0.2) is 5.82 Å². The smallest absolute Gasteiger partial charge is 0.253 e. The average molecular weight is 590 g/mol. The molecule has 0 bridgehead atoms. The second kappa shape index (κ2) is 12.7. The highest BCUT2D eigenvalue weighted by atomic mass is 16.5. The van der Waals surface area contributed by atoms with E-state index < -0.39 is 0 Å². The molecule has 3 heterocycles. The molecule has 4 aliphatic rings. The summed E-state index contributed by atoms with van der Waals surface area (Å²) < 4.78 is 5.71. The van der Waals surface area contributed by atoms with Gasteiger partial charge < -0.3 is 30.1 Å². The monoisotopic (exact) mass is 589 g/mol. The summed E-state index contributed by atoms with van der Waals surface area (Å²) in [6.45, 7) is 4.34. The maximum atomic E-state index is 13.4. The van der Waals surface area contributed by atoms with Crippen LogP contribution in [0.15, 0.2) is 24.4 Å². The Hall–Kier alpha value is -3.40. The van der Waals surface area contributed by atoms with Gasteiger partial charge in [-0.05, 0) is 94.5 Å². The fourth-order valence-corrected chi connectivity index (χ4v) is 7.66. The van der Waals surface area contributed by atoms with Gasteiger partial charge in [0.1, 0.15) is 17.5 Å². The van der Waals surface area contributed by atoms with Crippen molar-refractivity contribution in [2.24, 2.45) is 11.8 Å². The number of rotatable bonds is 9. The van der Waals surface area contributed by atoms with E-state index in [2.05, 4.69) is 27.4 Å². The molecular formula is C33H47N7O3. The number of ether oxygens (including phenoxy) is 1. The molecule has 1 aromatic carbocycles. The number of amides is 2.